The lowest BCUT2D eigenvalue weighted by Gasteiger charge is -1.97. The van der Waals surface area contributed by atoms with Crippen LogP contribution in [0.5, 0.6) is 5.75 Å². The van der Waals surface area contributed by atoms with Gasteiger partial charge in [0.15, 0.2) is 0 Å². The van der Waals surface area contributed by atoms with Crippen LogP contribution in [0.2, 0.25) is 0 Å². The minimum Gasteiger partial charge on any atom is -0.427 e. The fourth-order valence-electron chi connectivity index (χ4n) is 0.745. The molecule has 3 heteroatoms. The number of aryl methyl sites for hydroxylation is 1. The summed E-state index contributed by atoms with van der Waals surface area (Å²) in [5.74, 6) is 0.484. The topological polar surface area (TPSA) is 39.2 Å². The molecule has 0 bridgehead atoms. The van der Waals surface area contributed by atoms with Gasteiger partial charge >= 0.3 is 0 Å². The number of ether oxygens (including phenoxy) is 1. The summed E-state index contributed by atoms with van der Waals surface area (Å²) in [4.78, 5) is 13.9. The summed E-state index contributed by atoms with van der Waals surface area (Å²) in [5.41, 5.74) is 0.989. The first kappa shape index (κ1) is 7.72. The number of rotatable bonds is 3. The van der Waals surface area contributed by atoms with Crippen molar-refractivity contribution in [1.29, 1.82) is 0 Å². The number of carbonyl (C=O) groups is 1. The highest BCUT2D eigenvalue weighted by atomic mass is 16.5. The van der Waals surface area contributed by atoms with Crippen LogP contribution in [0.4, 0.5) is 0 Å². The van der Waals surface area contributed by atoms with Crippen LogP contribution in [0.15, 0.2) is 18.3 Å². The summed E-state index contributed by atoms with van der Waals surface area (Å²) in [7, 11) is 0. The molecular weight excluding hydrogens is 142 g/mol. The van der Waals surface area contributed by atoms with Crippen molar-refractivity contribution in [2.45, 2.75) is 13.3 Å². The van der Waals surface area contributed by atoms with Crippen molar-refractivity contribution in [3.8, 4) is 5.75 Å². The van der Waals surface area contributed by atoms with Crippen LogP contribution < -0.4 is 4.74 Å². The first-order valence-electron chi connectivity index (χ1n) is 3.42. The summed E-state index contributed by atoms with van der Waals surface area (Å²) in [5, 5.41) is 0. The van der Waals surface area contributed by atoms with Gasteiger partial charge in [-0.25, -0.2) is 0 Å². The first-order valence-corrected chi connectivity index (χ1v) is 3.42. The van der Waals surface area contributed by atoms with Crippen LogP contribution in [0, 0.1) is 0 Å². The number of hydrogen-bond acceptors (Lipinski definition) is 3. The third-order valence-electron chi connectivity index (χ3n) is 1.34. The van der Waals surface area contributed by atoms with E-state index in [2.05, 4.69) is 9.72 Å². The molecule has 58 valence electrons. The zero-order valence-electron chi connectivity index (χ0n) is 6.28. The Labute approximate surface area is 65.0 Å². The van der Waals surface area contributed by atoms with E-state index in [-0.39, 0.29) is 0 Å². The Bertz CT molecular complexity index is 230. The molecular formula is C8H9NO2. The molecule has 0 saturated heterocycles. The third kappa shape index (κ3) is 2.04. The molecule has 0 amide bonds. The van der Waals surface area contributed by atoms with Gasteiger partial charge in [0.2, 0.25) is 0 Å². The van der Waals surface area contributed by atoms with Crippen LogP contribution in [-0.2, 0) is 11.2 Å². The van der Waals surface area contributed by atoms with Gasteiger partial charge in [0.1, 0.15) is 5.75 Å². The number of aromatic nitrogens is 1. The standard InChI is InChI=1S/C8H9NO2/c1-2-7-3-4-8(5-9-7)11-6-10/h3-6H,2H2,1H3. The van der Waals surface area contributed by atoms with Gasteiger partial charge in [-0.15, -0.1) is 0 Å². The van der Waals surface area contributed by atoms with E-state index < -0.39 is 0 Å². The van der Waals surface area contributed by atoms with Gasteiger partial charge in [-0.3, -0.25) is 9.78 Å². The minimum atomic E-state index is 0.392. The van der Waals surface area contributed by atoms with Crippen molar-refractivity contribution in [2.75, 3.05) is 0 Å². The molecule has 0 spiro atoms. The lowest BCUT2D eigenvalue weighted by Crippen LogP contribution is -1.91. The van der Waals surface area contributed by atoms with Gasteiger partial charge in [-0.05, 0) is 18.6 Å². The van der Waals surface area contributed by atoms with E-state index in [0.29, 0.717) is 12.2 Å². The maximum Gasteiger partial charge on any atom is 0.298 e. The average Bonchev–Trinajstić information content (AvgIpc) is 2.07. The quantitative estimate of drug-likeness (QED) is 0.609. The molecule has 0 saturated carbocycles. The van der Waals surface area contributed by atoms with Crippen LogP contribution in [0.1, 0.15) is 12.6 Å². The second kappa shape index (κ2) is 3.71. The Hall–Kier alpha value is -1.38. The number of pyridine rings is 1. The van der Waals surface area contributed by atoms with Crippen molar-refractivity contribution in [3.63, 3.8) is 0 Å². The summed E-state index contributed by atoms with van der Waals surface area (Å²) in [6.45, 7) is 2.41. The second-order valence-electron chi connectivity index (χ2n) is 2.05. The lowest BCUT2D eigenvalue weighted by atomic mass is 10.3. The summed E-state index contributed by atoms with van der Waals surface area (Å²) in [6.07, 6.45) is 2.43. The molecule has 0 radical (unpaired) electrons. The fourth-order valence-corrected chi connectivity index (χ4v) is 0.745. The van der Waals surface area contributed by atoms with E-state index in [1.807, 2.05) is 13.0 Å². The second-order valence-corrected chi connectivity index (χ2v) is 2.05. The van der Waals surface area contributed by atoms with E-state index in [1.165, 1.54) is 6.20 Å². The van der Waals surface area contributed by atoms with Gasteiger partial charge in [-0.1, -0.05) is 6.92 Å². The molecule has 3 nitrogen and oxygen atoms in total. The van der Waals surface area contributed by atoms with Gasteiger partial charge in [-0.2, -0.15) is 0 Å². The van der Waals surface area contributed by atoms with E-state index >= 15 is 0 Å². The molecule has 1 aromatic rings. The smallest absolute Gasteiger partial charge is 0.298 e. The summed E-state index contributed by atoms with van der Waals surface area (Å²) < 4.78 is 4.56. The molecule has 0 aliphatic rings. The number of nitrogens with zero attached hydrogens (tertiary/aromatic N) is 1. The van der Waals surface area contributed by atoms with E-state index in [0.717, 1.165) is 12.1 Å². The van der Waals surface area contributed by atoms with Crippen LogP contribution in [-0.4, -0.2) is 11.5 Å². The maximum absolute atomic E-state index is 9.88. The first-order chi connectivity index (χ1) is 5.36. The van der Waals surface area contributed by atoms with Crippen molar-refractivity contribution in [2.24, 2.45) is 0 Å². The average molecular weight is 151 g/mol. The van der Waals surface area contributed by atoms with E-state index in [1.54, 1.807) is 6.07 Å². The Morgan fingerprint density at radius 1 is 1.64 bits per heavy atom. The Balaban J connectivity index is 2.74. The van der Waals surface area contributed by atoms with E-state index in [4.69, 9.17) is 0 Å². The predicted molar refractivity (Wildman–Crippen MR) is 40.3 cm³/mol. The minimum absolute atomic E-state index is 0.392. The fraction of sp³-hybridized carbons (Fsp3) is 0.250. The molecule has 0 aliphatic heterocycles. The highest BCUT2D eigenvalue weighted by Gasteiger charge is 1.92. The van der Waals surface area contributed by atoms with Crippen molar-refractivity contribution < 1.29 is 9.53 Å². The molecule has 0 aromatic carbocycles. The summed E-state index contributed by atoms with van der Waals surface area (Å²) in [6, 6.07) is 3.55. The van der Waals surface area contributed by atoms with Crippen LogP contribution in [0.3, 0.4) is 0 Å². The molecule has 0 aliphatic carbocycles. The third-order valence-corrected chi connectivity index (χ3v) is 1.34. The molecule has 0 fully saturated rings. The summed E-state index contributed by atoms with van der Waals surface area (Å²) >= 11 is 0. The van der Waals surface area contributed by atoms with Crippen molar-refractivity contribution in [3.05, 3.63) is 24.0 Å². The molecule has 0 N–H and O–H groups in total. The highest BCUT2D eigenvalue weighted by molar-refractivity contribution is 5.44. The van der Waals surface area contributed by atoms with Gasteiger partial charge in [0.25, 0.3) is 6.47 Å². The van der Waals surface area contributed by atoms with Gasteiger partial charge in [0, 0.05) is 5.69 Å². The maximum atomic E-state index is 9.88. The largest absolute Gasteiger partial charge is 0.427 e. The molecule has 1 heterocycles. The lowest BCUT2D eigenvalue weighted by molar-refractivity contribution is -0.120. The number of carbonyl (C=O) groups excluding carboxylic acids is 1. The normalized spacial score (nSPS) is 9.18. The molecule has 1 aromatic heterocycles. The van der Waals surface area contributed by atoms with E-state index in [9.17, 15) is 4.79 Å². The van der Waals surface area contributed by atoms with Gasteiger partial charge in [0.05, 0.1) is 6.20 Å². The molecule has 0 atom stereocenters. The SMILES string of the molecule is CCc1ccc(OC=O)cn1. The zero-order chi connectivity index (χ0) is 8.10. The predicted octanol–water partition coefficient (Wildman–Crippen LogP) is 1.18. The Morgan fingerprint density at radius 3 is 2.91 bits per heavy atom. The van der Waals surface area contributed by atoms with Crippen molar-refractivity contribution >= 4 is 6.47 Å². The molecule has 1 rings (SSSR count). The number of hydrogen-bond donors (Lipinski definition) is 0. The molecule has 11 heavy (non-hydrogen) atoms. The van der Waals surface area contributed by atoms with Crippen molar-refractivity contribution in [1.82, 2.24) is 4.98 Å². The highest BCUT2D eigenvalue weighted by Crippen LogP contribution is 2.07. The monoisotopic (exact) mass is 151 g/mol. The molecule has 0 unspecified atom stereocenters. The Kier molecular flexibility index (Phi) is 2.60. The van der Waals surface area contributed by atoms with Crippen LogP contribution in [0.25, 0.3) is 0 Å². The zero-order valence-corrected chi connectivity index (χ0v) is 6.28. The van der Waals surface area contributed by atoms with Crippen LogP contribution >= 0.6 is 0 Å². The Morgan fingerprint density at radius 2 is 2.45 bits per heavy atom. The van der Waals surface area contributed by atoms with Gasteiger partial charge < -0.3 is 4.74 Å².